The average molecular weight is 318 g/mol. The fraction of sp³-hybridized carbons (Fsp3) is 0.364. The second-order valence-corrected chi connectivity index (χ2v) is 5.69. The summed E-state index contributed by atoms with van der Waals surface area (Å²) in [5.74, 6) is -1.25. The Morgan fingerprint density at radius 2 is 2.14 bits per heavy atom. The van der Waals surface area contributed by atoms with Crippen LogP contribution >= 0.6 is 0 Å². The zero-order valence-corrected chi connectivity index (χ0v) is 12.1. The van der Waals surface area contributed by atoms with Gasteiger partial charge in [-0.2, -0.15) is 4.72 Å². The van der Waals surface area contributed by atoms with Gasteiger partial charge >= 0.3 is 5.97 Å². The molecule has 0 heterocycles. The molecule has 0 aliphatic rings. The zero-order chi connectivity index (χ0) is 16.2. The summed E-state index contributed by atoms with van der Waals surface area (Å²) in [6.45, 7) is 1.48. The van der Waals surface area contributed by atoms with Crippen LogP contribution in [0.15, 0.2) is 23.1 Å². The smallest absolute Gasteiger partial charge is 0.321 e. The predicted molar refractivity (Wildman–Crippen MR) is 71.7 cm³/mol. The molecule has 1 aromatic rings. The zero-order valence-electron chi connectivity index (χ0n) is 11.3. The van der Waals surface area contributed by atoms with Crippen LogP contribution in [0.1, 0.15) is 13.3 Å². The molecule has 0 spiro atoms. The van der Waals surface area contributed by atoms with Crippen molar-refractivity contribution in [3.8, 4) is 5.75 Å². The number of nitrogens with one attached hydrogen (secondary N) is 1. The summed E-state index contributed by atoms with van der Waals surface area (Å²) in [5.41, 5.74) is -0.693. The van der Waals surface area contributed by atoms with Crippen molar-refractivity contribution >= 4 is 21.7 Å². The van der Waals surface area contributed by atoms with E-state index >= 15 is 0 Å². The second kappa shape index (κ2) is 6.50. The molecule has 1 atom stereocenters. The lowest BCUT2D eigenvalue weighted by molar-refractivity contribution is -0.387. The van der Waals surface area contributed by atoms with E-state index in [1.165, 1.54) is 20.1 Å². The van der Waals surface area contributed by atoms with Crippen molar-refractivity contribution in [2.24, 2.45) is 0 Å². The van der Waals surface area contributed by atoms with Gasteiger partial charge in [-0.05, 0) is 18.6 Å². The molecule has 10 heteroatoms. The van der Waals surface area contributed by atoms with Crippen molar-refractivity contribution in [1.29, 1.82) is 0 Å². The first-order valence-electron chi connectivity index (χ1n) is 5.80. The van der Waals surface area contributed by atoms with Crippen LogP contribution in [0.3, 0.4) is 0 Å². The van der Waals surface area contributed by atoms with E-state index in [4.69, 9.17) is 9.84 Å². The summed E-state index contributed by atoms with van der Waals surface area (Å²) in [5, 5.41) is 19.8. The van der Waals surface area contributed by atoms with E-state index in [1.54, 1.807) is 0 Å². The molecule has 0 aliphatic heterocycles. The number of sulfonamides is 1. The fourth-order valence-electron chi connectivity index (χ4n) is 1.55. The number of hydrogen-bond acceptors (Lipinski definition) is 6. The van der Waals surface area contributed by atoms with Crippen LogP contribution in [-0.4, -0.2) is 37.6 Å². The maximum absolute atomic E-state index is 12.1. The van der Waals surface area contributed by atoms with E-state index in [2.05, 4.69) is 0 Å². The fourth-order valence-corrected chi connectivity index (χ4v) is 2.98. The Balaban J connectivity index is 3.31. The molecule has 0 unspecified atom stereocenters. The summed E-state index contributed by atoms with van der Waals surface area (Å²) >= 11 is 0. The SMILES string of the molecule is CC[C@@H](NS(=O)(=O)c1ccc(OC)cc1[N+](=O)[O-])C(=O)O. The van der Waals surface area contributed by atoms with Crippen LogP contribution in [0, 0.1) is 10.1 Å². The number of carbonyl (C=O) groups is 1. The number of nitro benzene ring substituents is 1. The van der Waals surface area contributed by atoms with Crippen LogP contribution in [-0.2, 0) is 14.8 Å². The molecule has 21 heavy (non-hydrogen) atoms. The lowest BCUT2D eigenvalue weighted by Crippen LogP contribution is -2.40. The third-order valence-electron chi connectivity index (χ3n) is 2.66. The van der Waals surface area contributed by atoms with Crippen LogP contribution in [0.5, 0.6) is 5.75 Å². The standard InChI is InChI=1S/C11H14N2O7S/c1-3-8(11(14)15)12-21(18,19)10-5-4-7(20-2)6-9(10)13(16)17/h4-6,8,12H,3H2,1-2H3,(H,14,15)/t8-/m1/s1. The van der Waals surface area contributed by atoms with Gasteiger partial charge in [0, 0.05) is 0 Å². The van der Waals surface area contributed by atoms with Crippen molar-refractivity contribution in [2.45, 2.75) is 24.3 Å². The first-order valence-corrected chi connectivity index (χ1v) is 7.28. The van der Waals surface area contributed by atoms with Gasteiger partial charge in [0.15, 0.2) is 4.90 Å². The minimum atomic E-state index is -4.35. The summed E-state index contributed by atoms with van der Waals surface area (Å²) < 4.78 is 30.9. The predicted octanol–water partition coefficient (Wildman–Crippen LogP) is 0.745. The molecule has 0 aliphatic carbocycles. The van der Waals surface area contributed by atoms with E-state index in [0.29, 0.717) is 0 Å². The van der Waals surface area contributed by atoms with E-state index < -0.39 is 37.5 Å². The van der Waals surface area contributed by atoms with Gasteiger partial charge in [0.25, 0.3) is 5.69 Å². The molecule has 116 valence electrons. The Kier molecular flexibility index (Phi) is 5.22. The molecule has 0 radical (unpaired) electrons. The van der Waals surface area contributed by atoms with Crippen LogP contribution in [0.4, 0.5) is 5.69 Å². The van der Waals surface area contributed by atoms with Crippen molar-refractivity contribution < 1.29 is 28.0 Å². The van der Waals surface area contributed by atoms with Crippen molar-refractivity contribution in [2.75, 3.05) is 7.11 Å². The third kappa shape index (κ3) is 3.89. The molecule has 0 saturated heterocycles. The van der Waals surface area contributed by atoms with Crippen molar-refractivity contribution in [1.82, 2.24) is 4.72 Å². The molecule has 0 amide bonds. The van der Waals surface area contributed by atoms with Gasteiger partial charge in [-0.25, -0.2) is 8.42 Å². The highest BCUT2D eigenvalue weighted by atomic mass is 32.2. The summed E-state index contributed by atoms with van der Waals surface area (Å²) in [4.78, 5) is 20.4. The number of nitro groups is 1. The minimum absolute atomic E-state index is 0.00147. The van der Waals surface area contributed by atoms with Crippen molar-refractivity contribution in [3.63, 3.8) is 0 Å². The molecule has 0 saturated carbocycles. The first-order chi connectivity index (χ1) is 9.72. The van der Waals surface area contributed by atoms with Gasteiger partial charge in [0.05, 0.1) is 18.1 Å². The number of hydrogen-bond donors (Lipinski definition) is 2. The lowest BCUT2D eigenvalue weighted by atomic mass is 10.2. The number of nitrogens with zero attached hydrogens (tertiary/aromatic N) is 1. The first kappa shape index (κ1) is 16.9. The van der Waals surface area contributed by atoms with Gasteiger partial charge in [-0.15, -0.1) is 0 Å². The minimum Gasteiger partial charge on any atom is -0.497 e. The van der Waals surface area contributed by atoms with Gasteiger partial charge in [0.1, 0.15) is 11.8 Å². The number of methoxy groups -OCH3 is 1. The van der Waals surface area contributed by atoms with E-state index in [0.717, 1.165) is 12.1 Å². The summed E-state index contributed by atoms with van der Waals surface area (Å²) in [6.07, 6.45) is -0.00147. The molecule has 9 nitrogen and oxygen atoms in total. The lowest BCUT2D eigenvalue weighted by Gasteiger charge is -2.13. The summed E-state index contributed by atoms with van der Waals surface area (Å²) in [6, 6.07) is 1.82. The Bertz CT molecular complexity index is 657. The Morgan fingerprint density at radius 3 is 2.57 bits per heavy atom. The van der Waals surface area contributed by atoms with Crippen LogP contribution in [0.2, 0.25) is 0 Å². The maximum Gasteiger partial charge on any atom is 0.321 e. The maximum atomic E-state index is 12.1. The van der Waals surface area contributed by atoms with E-state index in [-0.39, 0.29) is 12.2 Å². The highest BCUT2D eigenvalue weighted by molar-refractivity contribution is 7.89. The van der Waals surface area contributed by atoms with Gasteiger partial charge in [-0.1, -0.05) is 6.92 Å². The summed E-state index contributed by atoms with van der Waals surface area (Å²) in [7, 11) is -3.06. The number of benzene rings is 1. The molecule has 2 N–H and O–H groups in total. The highest BCUT2D eigenvalue weighted by Crippen LogP contribution is 2.28. The molecule has 1 aromatic carbocycles. The van der Waals surface area contributed by atoms with Gasteiger partial charge in [0.2, 0.25) is 10.0 Å². The number of carboxylic acids is 1. The van der Waals surface area contributed by atoms with E-state index in [1.807, 2.05) is 4.72 Å². The highest BCUT2D eigenvalue weighted by Gasteiger charge is 2.30. The largest absolute Gasteiger partial charge is 0.497 e. The molecule has 0 aromatic heterocycles. The average Bonchev–Trinajstić information content (AvgIpc) is 2.43. The molecular formula is C11H14N2O7S. The number of rotatable bonds is 7. The topological polar surface area (TPSA) is 136 Å². The van der Waals surface area contributed by atoms with Crippen molar-refractivity contribution in [3.05, 3.63) is 28.3 Å². The number of aliphatic carboxylic acids is 1. The monoisotopic (exact) mass is 318 g/mol. The Hall–Kier alpha value is -2.20. The molecule has 1 rings (SSSR count). The number of ether oxygens (including phenoxy) is 1. The van der Waals surface area contributed by atoms with Crippen LogP contribution in [0.25, 0.3) is 0 Å². The Labute approximate surface area is 120 Å². The van der Waals surface area contributed by atoms with Gasteiger partial charge in [-0.3, -0.25) is 14.9 Å². The van der Waals surface area contributed by atoms with E-state index in [9.17, 15) is 23.3 Å². The molecule has 0 fully saturated rings. The number of carboxylic acid groups (broad SMARTS) is 1. The normalized spacial score (nSPS) is 12.7. The third-order valence-corrected chi connectivity index (χ3v) is 4.18. The molecular weight excluding hydrogens is 304 g/mol. The second-order valence-electron chi connectivity index (χ2n) is 4.01. The van der Waals surface area contributed by atoms with Crippen LogP contribution < -0.4 is 9.46 Å². The quantitative estimate of drug-likeness (QED) is 0.559. The molecule has 0 bridgehead atoms. The van der Waals surface area contributed by atoms with Gasteiger partial charge < -0.3 is 9.84 Å². The Morgan fingerprint density at radius 1 is 1.52 bits per heavy atom.